The van der Waals surface area contributed by atoms with E-state index in [0.29, 0.717) is 5.92 Å². The molecule has 0 saturated carbocycles. The smallest absolute Gasteiger partial charge is 0.246 e. The van der Waals surface area contributed by atoms with Gasteiger partial charge >= 0.3 is 0 Å². The molecule has 5 heteroatoms. The van der Waals surface area contributed by atoms with Gasteiger partial charge < -0.3 is 10.2 Å². The largest absolute Gasteiger partial charge is 0.337 e. The Morgan fingerprint density at radius 3 is 2.17 bits per heavy atom. The molecule has 30 heavy (non-hydrogen) atoms. The molecule has 1 aliphatic rings. The Labute approximate surface area is 179 Å². The molecule has 0 aromatic heterocycles. The number of hydrogen-bond donors (Lipinski definition) is 1. The molecule has 0 unspecified atom stereocenters. The van der Waals surface area contributed by atoms with Crippen LogP contribution in [-0.2, 0) is 16.1 Å². The van der Waals surface area contributed by atoms with Gasteiger partial charge in [0.2, 0.25) is 11.8 Å². The van der Waals surface area contributed by atoms with Crippen molar-refractivity contribution in [1.82, 2.24) is 9.80 Å². The number of anilines is 1. The van der Waals surface area contributed by atoms with Gasteiger partial charge in [0, 0.05) is 51.4 Å². The van der Waals surface area contributed by atoms with Crippen molar-refractivity contribution in [3.8, 4) is 0 Å². The van der Waals surface area contributed by atoms with Gasteiger partial charge in [0.05, 0.1) is 0 Å². The Hall–Kier alpha value is -2.92. The predicted octanol–water partition coefficient (Wildman–Crippen LogP) is 4.13. The van der Waals surface area contributed by atoms with Gasteiger partial charge in [0.25, 0.3) is 0 Å². The summed E-state index contributed by atoms with van der Waals surface area (Å²) in [5.41, 5.74) is 4.37. The van der Waals surface area contributed by atoms with Crippen molar-refractivity contribution >= 4 is 23.6 Å². The van der Waals surface area contributed by atoms with Crippen LogP contribution in [0.4, 0.5) is 5.69 Å². The first-order valence-corrected chi connectivity index (χ1v) is 10.6. The molecule has 1 heterocycles. The van der Waals surface area contributed by atoms with Crippen molar-refractivity contribution in [2.75, 3.05) is 31.5 Å². The van der Waals surface area contributed by atoms with Gasteiger partial charge in [0.15, 0.2) is 0 Å². The highest BCUT2D eigenvalue weighted by atomic mass is 16.2. The third kappa shape index (κ3) is 6.29. The zero-order chi connectivity index (χ0) is 21.5. The number of carbonyl (C=O) groups excluding carboxylic acids is 2. The summed E-state index contributed by atoms with van der Waals surface area (Å²) < 4.78 is 0. The van der Waals surface area contributed by atoms with E-state index in [0.717, 1.165) is 44.0 Å². The molecule has 0 bridgehead atoms. The number of carbonyl (C=O) groups is 2. The van der Waals surface area contributed by atoms with Crippen molar-refractivity contribution in [1.29, 1.82) is 0 Å². The summed E-state index contributed by atoms with van der Waals surface area (Å²) in [7, 11) is 0. The van der Waals surface area contributed by atoms with Crippen LogP contribution < -0.4 is 5.32 Å². The number of amides is 2. The first-order valence-electron chi connectivity index (χ1n) is 10.6. The fraction of sp³-hybridized carbons (Fsp3) is 0.360. The third-order valence-electron chi connectivity index (χ3n) is 5.39. The second kappa shape index (κ2) is 10.2. The maximum Gasteiger partial charge on any atom is 0.246 e. The molecule has 2 aromatic carbocycles. The van der Waals surface area contributed by atoms with Gasteiger partial charge in [-0.25, -0.2) is 0 Å². The summed E-state index contributed by atoms with van der Waals surface area (Å²) >= 11 is 0. The van der Waals surface area contributed by atoms with E-state index in [9.17, 15) is 9.59 Å². The minimum absolute atomic E-state index is 0.0434. The lowest BCUT2D eigenvalue weighted by Crippen LogP contribution is -2.47. The molecule has 0 aliphatic carbocycles. The summed E-state index contributed by atoms with van der Waals surface area (Å²) in [6.07, 6.45) is 3.45. The Morgan fingerprint density at radius 1 is 0.967 bits per heavy atom. The number of rotatable bonds is 6. The molecule has 5 nitrogen and oxygen atoms in total. The highest BCUT2D eigenvalue weighted by Gasteiger charge is 2.19. The van der Waals surface area contributed by atoms with E-state index in [2.05, 4.69) is 48.3 Å². The molecule has 0 atom stereocenters. The molecular formula is C25H31N3O2. The second-order valence-corrected chi connectivity index (χ2v) is 8.13. The van der Waals surface area contributed by atoms with Crippen molar-refractivity contribution < 1.29 is 9.59 Å². The van der Waals surface area contributed by atoms with Crippen LogP contribution in [0.2, 0.25) is 0 Å². The first kappa shape index (κ1) is 21.8. The highest BCUT2D eigenvalue weighted by Crippen LogP contribution is 2.16. The molecule has 0 radical (unpaired) electrons. The fourth-order valence-corrected chi connectivity index (χ4v) is 3.55. The highest BCUT2D eigenvalue weighted by molar-refractivity contribution is 5.92. The standard InChI is InChI=1S/C25H31N3O2/c1-19(2)23-9-4-22(5-10-23)18-27-14-16-28(17-15-27)25(30)13-8-21-6-11-24(12-7-21)26-20(3)29/h4-13,19H,14-18H2,1-3H3,(H,26,29)/b13-8+. The lowest BCUT2D eigenvalue weighted by atomic mass is 10.0. The zero-order valence-electron chi connectivity index (χ0n) is 18.1. The van der Waals surface area contributed by atoms with Crippen LogP contribution >= 0.6 is 0 Å². The number of nitrogens with one attached hydrogen (secondary N) is 1. The van der Waals surface area contributed by atoms with Crippen LogP contribution in [-0.4, -0.2) is 47.8 Å². The van der Waals surface area contributed by atoms with Gasteiger partial charge in [-0.2, -0.15) is 0 Å². The monoisotopic (exact) mass is 405 g/mol. The summed E-state index contributed by atoms with van der Waals surface area (Å²) in [5.74, 6) is 0.499. The molecule has 1 N–H and O–H groups in total. The lowest BCUT2D eigenvalue weighted by molar-refractivity contribution is -0.127. The average molecular weight is 406 g/mol. The first-order chi connectivity index (χ1) is 14.4. The number of nitrogens with zero attached hydrogens (tertiary/aromatic N) is 2. The molecule has 2 amide bonds. The van der Waals surface area contributed by atoms with Gasteiger partial charge in [-0.1, -0.05) is 50.2 Å². The minimum atomic E-state index is -0.0971. The molecular weight excluding hydrogens is 374 g/mol. The van der Waals surface area contributed by atoms with Crippen LogP contribution in [0.1, 0.15) is 43.4 Å². The molecule has 1 fully saturated rings. The van der Waals surface area contributed by atoms with Crippen molar-refractivity contribution in [3.63, 3.8) is 0 Å². The van der Waals surface area contributed by atoms with Crippen molar-refractivity contribution in [2.45, 2.75) is 33.2 Å². The maximum absolute atomic E-state index is 12.5. The van der Waals surface area contributed by atoms with Crippen molar-refractivity contribution in [2.24, 2.45) is 0 Å². The molecule has 2 aromatic rings. The van der Waals surface area contributed by atoms with Crippen LogP contribution in [0, 0.1) is 0 Å². The Morgan fingerprint density at radius 2 is 1.60 bits per heavy atom. The number of benzene rings is 2. The Kier molecular flexibility index (Phi) is 7.41. The van der Waals surface area contributed by atoms with E-state index in [-0.39, 0.29) is 11.8 Å². The Bertz CT molecular complexity index is 878. The predicted molar refractivity (Wildman–Crippen MR) is 122 cm³/mol. The molecule has 158 valence electrons. The molecule has 0 spiro atoms. The minimum Gasteiger partial charge on any atom is -0.337 e. The van der Waals surface area contributed by atoms with Gasteiger partial charge in [-0.05, 0) is 40.8 Å². The second-order valence-electron chi connectivity index (χ2n) is 8.13. The van der Waals surface area contributed by atoms with E-state index < -0.39 is 0 Å². The van der Waals surface area contributed by atoms with E-state index in [1.165, 1.54) is 18.1 Å². The average Bonchev–Trinajstić information content (AvgIpc) is 2.73. The normalized spacial score (nSPS) is 15.0. The fourth-order valence-electron chi connectivity index (χ4n) is 3.55. The van der Waals surface area contributed by atoms with E-state index in [1.807, 2.05) is 35.2 Å². The van der Waals surface area contributed by atoms with E-state index >= 15 is 0 Å². The number of piperazine rings is 1. The zero-order valence-corrected chi connectivity index (χ0v) is 18.1. The number of hydrogen-bond acceptors (Lipinski definition) is 3. The van der Waals surface area contributed by atoms with Crippen molar-refractivity contribution in [3.05, 3.63) is 71.3 Å². The summed E-state index contributed by atoms with van der Waals surface area (Å²) in [5, 5.41) is 2.73. The molecule has 1 aliphatic heterocycles. The summed E-state index contributed by atoms with van der Waals surface area (Å²) in [4.78, 5) is 27.9. The third-order valence-corrected chi connectivity index (χ3v) is 5.39. The lowest BCUT2D eigenvalue weighted by Gasteiger charge is -2.34. The summed E-state index contributed by atoms with van der Waals surface area (Å²) in [6, 6.07) is 16.3. The quantitative estimate of drug-likeness (QED) is 0.736. The molecule has 3 rings (SSSR count). The van der Waals surface area contributed by atoms with E-state index in [4.69, 9.17) is 0 Å². The van der Waals surface area contributed by atoms with Gasteiger partial charge in [0.1, 0.15) is 0 Å². The van der Waals surface area contributed by atoms with Crippen LogP contribution in [0.3, 0.4) is 0 Å². The van der Waals surface area contributed by atoms with Crippen LogP contribution in [0.25, 0.3) is 6.08 Å². The molecule has 1 saturated heterocycles. The maximum atomic E-state index is 12.5. The SMILES string of the molecule is CC(=O)Nc1ccc(/C=C/C(=O)N2CCN(Cc3ccc(C(C)C)cc3)CC2)cc1. The van der Waals surface area contributed by atoms with Crippen LogP contribution in [0.5, 0.6) is 0 Å². The Balaban J connectivity index is 1.46. The van der Waals surface area contributed by atoms with Gasteiger partial charge in [-0.3, -0.25) is 14.5 Å². The van der Waals surface area contributed by atoms with Crippen LogP contribution in [0.15, 0.2) is 54.6 Å². The topological polar surface area (TPSA) is 52.7 Å². The van der Waals surface area contributed by atoms with Gasteiger partial charge in [-0.15, -0.1) is 0 Å². The van der Waals surface area contributed by atoms with E-state index in [1.54, 1.807) is 6.08 Å². The summed E-state index contributed by atoms with van der Waals surface area (Å²) in [6.45, 7) is 10.1.